The quantitative estimate of drug-likeness (QED) is 0.101. The fraction of sp³-hybridized carbons (Fsp3) is 0.0704. The zero-order valence-corrected chi connectivity index (χ0v) is 43.2. The average molecular weight is 970 g/mol. The first-order chi connectivity index (χ1) is 36.7. The normalized spacial score (nSPS) is 11.4. The van der Waals surface area contributed by atoms with Crippen LogP contribution in [-0.2, 0) is 0 Å². The molecule has 75 heavy (non-hydrogen) atoms. The Morgan fingerprint density at radius 2 is 0.493 bits per heavy atom. The lowest BCUT2D eigenvalue weighted by molar-refractivity contribution is 0.415. The molecule has 0 aliphatic heterocycles. The molecule has 0 saturated heterocycles. The average Bonchev–Trinajstić information content (AvgIpc) is 3.45. The molecule has 0 aliphatic rings. The van der Waals surface area contributed by atoms with Crippen LogP contribution >= 0.6 is 0 Å². The molecule has 0 bridgehead atoms. The van der Waals surface area contributed by atoms with Crippen molar-refractivity contribution in [1.29, 1.82) is 0 Å². The third-order valence-corrected chi connectivity index (χ3v) is 14.0. The number of anilines is 9. The van der Waals surface area contributed by atoms with Crippen molar-refractivity contribution in [3.63, 3.8) is 0 Å². The SMILES string of the molecule is COc1ccc(N(c2ccc(/C=C/c3ccc4cc(N(c5ccc(C)cc5)c5ccc(C)cc5)ccc4c3)cc2)c2ccc(/C=C/c3ccc4ccc(N(c5ccc(C)cc5)c5ccc(C)cc5)cc4c3)cc2)cc1. The van der Waals surface area contributed by atoms with E-state index in [0.29, 0.717) is 0 Å². The number of aryl methyl sites for hydroxylation is 4. The molecule has 0 atom stereocenters. The van der Waals surface area contributed by atoms with Gasteiger partial charge in [-0.15, -0.1) is 0 Å². The second-order valence-corrected chi connectivity index (χ2v) is 19.5. The molecule has 0 aliphatic carbocycles. The zero-order valence-electron chi connectivity index (χ0n) is 43.2. The van der Waals surface area contributed by atoms with Crippen LogP contribution in [0.1, 0.15) is 44.5 Å². The standard InChI is InChI=1S/C71H59N3O/c1-50-6-28-62(29-7-50)73(63-30-8-51(2)9-31-63)69-41-27-59-46-56(19-25-60(59)48-69)16-14-54-20-36-66(37-21-54)72(68-42-44-71(75-5)45-43-68)67-38-22-55(23-39-67)15-17-57-18-24-58-26-40-70(49-61(58)47-57)74(64-32-10-52(3)11-33-64)65-34-12-53(4)13-35-65/h6-49H,1-5H3/b16-14+,17-15+. The first kappa shape index (κ1) is 47.9. The summed E-state index contributed by atoms with van der Waals surface area (Å²) in [6.07, 6.45) is 8.78. The molecule has 0 fully saturated rings. The Morgan fingerprint density at radius 3 is 0.893 bits per heavy atom. The van der Waals surface area contributed by atoms with Crippen molar-refractivity contribution in [3.05, 3.63) is 287 Å². The van der Waals surface area contributed by atoms with Crippen LogP contribution in [0.2, 0.25) is 0 Å². The number of nitrogens with zero attached hydrogens (tertiary/aromatic N) is 3. The summed E-state index contributed by atoms with van der Waals surface area (Å²) in [5, 5.41) is 4.79. The van der Waals surface area contributed by atoms with Crippen LogP contribution in [0.5, 0.6) is 5.75 Å². The van der Waals surface area contributed by atoms with Crippen LogP contribution in [0.4, 0.5) is 51.2 Å². The summed E-state index contributed by atoms with van der Waals surface area (Å²) in [5.74, 6) is 0.819. The highest BCUT2D eigenvalue weighted by molar-refractivity contribution is 5.93. The van der Waals surface area contributed by atoms with Crippen LogP contribution < -0.4 is 19.4 Å². The monoisotopic (exact) mass is 969 g/mol. The largest absolute Gasteiger partial charge is 0.497 e. The number of hydrogen-bond acceptors (Lipinski definition) is 4. The lowest BCUT2D eigenvalue weighted by atomic mass is 10.0. The maximum atomic E-state index is 5.54. The molecule has 11 aromatic carbocycles. The van der Waals surface area contributed by atoms with Crippen LogP contribution in [0.3, 0.4) is 0 Å². The zero-order chi connectivity index (χ0) is 51.3. The van der Waals surface area contributed by atoms with Gasteiger partial charge in [-0.05, 0) is 205 Å². The Morgan fingerprint density at radius 1 is 0.240 bits per heavy atom. The molecule has 11 rings (SSSR count). The van der Waals surface area contributed by atoms with Crippen LogP contribution in [-0.4, -0.2) is 7.11 Å². The fourth-order valence-corrected chi connectivity index (χ4v) is 9.69. The highest BCUT2D eigenvalue weighted by Gasteiger charge is 2.16. The molecule has 0 N–H and O–H groups in total. The molecule has 4 nitrogen and oxygen atoms in total. The van der Waals surface area contributed by atoms with Crippen LogP contribution in [0, 0.1) is 27.7 Å². The number of fused-ring (bicyclic) bond motifs is 2. The van der Waals surface area contributed by atoms with E-state index in [1.807, 2.05) is 12.1 Å². The molecule has 11 aromatic rings. The van der Waals surface area contributed by atoms with Gasteiger partial charge in [-0.3, -0.25) is 0 Å². The molecule has 0 radical (unpaired) electrons. The van der Waals surface area contributed by atoms with Gasteiger partial charge in [0.05, 0.1) is 7.11 Å². The van der Waals surface area contributed by atoms with Gasteiger partial charge in [0, 0.05) is 51.2 Å². The lowest BCUT2D eigenvalue weighted by Crippen LogP contribution is -2.09. The highest BCUT2D eigenvalue weighted by atomic mass is 16.5. The molecule has 0 amide bonds. The first-order valence-electron chi connectivity index (χ1n) is 25.6. The van der Waals surface area contributed by atoms with Crippen molar-refractivity contribution in [2.24, 2.45) is 0 Å². The highest BCUT2D eigenvalue weighted by Crippen LogP contribution is 2.40. The van der Waals surface area contributed by atoms with Gasteiger partial charge in [-0.1, -0.05) is 156 Å². The van der Waals surface area contributed by atoms with E-state index in [9.17, 15) is 0 Å². The summed E-state index contributed by atoms with van der Waals surface area (Å²) < 4.78 is 5.54. The van der Waals surface area contributed by atoms with Crippen molar-refractivity contribution >= 4 is 97.0 Å². The molecular formula is C71H59N3O. The van der Waals surface area contributed by atoms with E-state index in [0.717, 1.165) is 79.2 Å². The third kappa shape index (κ3) is 10.9. The number of benzene rings is 11. The van der Waals surface area contributed by atoms with Gasteiger partial charge in [-0.2, -0.15) is 0 Å². The Balaban J connectivity index is 0.816. The van der Waals surface area contributed by atoms with Crippen molar-refractivity contribution in [3.8, 4) is 5.75 Å². The predicted octanol–water partition coefficient (Wildman–Crippen LogP) is 20.0. The van der Waals surface area contributed by atoms with Gasteiger partial charge in [0.1, 0.15) is 5.75 Å². The second-order valence-electron chi connectivity index (χ2n) is 19.5. The van der Waals surface area contributed by atoms with Crippen molar-refractivity contribution in [1.82, 2.24) is 0 Å². The molecule has 4 heteroatoms. The Bertz CT molecular complexity index is 3710. The van der Waals surface area contributed by atoms with Gasteiger partial charge in [0.25, 0.3) is 0 Å². The smallest absolute Gasteiger partial charge is 0.119 e. The summed E-state index contributed by atoms with van der Waals surface area (Å²) in [4.78, 5) is 6.95. The summed E-state index contributed by atoms with van der Waals surface area (Å²) in [7, 11) is 1.70. The predicted molar refractivity (Wildman–Crippen MR) is 322 cm³/mol. The maximum Gasteiger partial charge on any atom is 0.119 e. The first-order valence-corrected chi connectivity index (χ1v) is 25.6. The minimum Gasteiger partial charge on any atom is -0.497 e. The Labute approximate surface area is 442 Å². The molecule has 0 spiro atoms. The van der Waals surface area contributed by atoms with Gasteiger partial charge >= 0.3 is 0 Å². The maximum absolute atomic E-state index is 5.54. The Hall–Kier alpha value is -9.38. The molecule has 364 valence electrons. The van der Waals surface area contributed by atoms with E-state index in [-0.39, 0.29) is 0 Å². The van der Waals surface area contributed by atoms with E-state index < -0.39 is 0 Å². The van der Waals surface area contributed by atoms with Gasteiger partial charge in [0.15, 0.2) is 0 Å². The number of hydrogen-bond donors (Lipinski definition) is 0. The fourth-order valence-electron chi connectivity index (χ4n) is 9.69. The van der Waals surface area contributed by atoms with Crippen molar-refractivity contribution < 1.29 is 4.74 Å². The van der Waals surface area contributed by atoms with Crippen molar-refractivity contribution in [2.75, 3.05) is 21.8 Å². The molecule has 0 heterocycles. The van der Waals surface area contributed by atoms with Crippen molar-refractivity contribution in [2.45, 2.75) is 27.7 Å². The second kappa shape index (κ2) is 21.4. The van der Waals surface area contributed by atoms with Gasteiger partial charge in [0.2, 0.25) is 0 Å². The van der Waals surface area contributed by atoms with Crippen LogP contribution in [0.25, 0.3) is 45.8 Å². The van der Waals surface area contributed by atoms with Gasteiger partial charge < -0.3 is 19.4 Å². The minimum atomic E-state index is 0.819. The van der Waals surface area contributed by atoms with E-state index >= 15 is 0 Å². The van der Waals surface area contributed by atoms with E-state index in [4.69, 9.17) is 4.74 Å². The molecule has 0 unspecified atom stereocenters. The molecule has 0 aromatic heterocycles. The number of methoxy groups -OCH3 is 1. The summed E-state index contributed by atoms with van der Waals surface area (Å²) in [6.45, 7) is 8.52. The van der Waals surface area contributed by atoms with E-state index in [2.05, 4.69) is 297 Å². The third-order valence-electron chi connectivity index (χ3n) is 14.0. The summed E-state index contributed by atoms with van der Waals surface area (Å²) in [6, 6.07) is 87.6. The Kier molecular flexibility index (Phi) is 13.7. The molecular weight excluding hydrogens is 911 g/mol. The van der Waals surface area contributed by atoms with E-state index in [1.54, 1.807) is 7.11 Å². The van der Waals surface area contributed by atoms with E-state index in [1.165, 1.54) is 43.8 Å². The minimum absolute atomic E-state index is 0.819. The topological polar surface area (TPSA) is 19.0 Å². The number of rotatable bonds is 14. The van der Waals surface area contributed by atoms with Gasteiger partial charge in [-0.25, -0.2) is 0 Å². The molecule has 0 saturated carbocycles. The summed E-state index contributed by atoms with van der Waals surface area (Å²) >= 11 is 0. The number of ether oxygens (including phenoxy) is 1. The summed E-state index contributed by atoms with van der Waals surface area (Å²) in [5.41, 5.74) is 19.4. The lowest BCUT2D eigenvalue weighted by Gasteiger charge is -2.26. The van der Waals surface area contributed by atoms with Crippen LogP contribution in [0.15, 0.2) is 243 Å².